The number of hydrogen-bond donors (Lipinski definition) is 0. The highest BCUT2D eigenvalue weighted by molar-refractivity contribution is 7.92. The number of nitrogens with zero attached hydrogens (tertiary/aromatic N) is 1. The Morgan fingerprint density at radius 1 is 1.04 bits per heavy atom. The van der Waals surface area contributed by atoms with Gasteiger partial charge in [-0.05, 0) is 50.2 Å². The van der Waals surface area contributed by atoms with Crippen LogP contribution in [0.2, 0.25) is 0 Å². The van der Waals surface area contributed by atoms with Crippen LogP contribution in [0.15, 0.2) is 24.3 Å². The molecule has 0 N–H and O–H groups in total. The number of rotatable bonds is 5. The zero-order valence-corrected chi connectivity index (χ0v) is 14.4. The molecule has 0 atom stereocenters. The van der Waals surface area contributed by atoms with Crippen LogP contribution in [-0.2, 0) is 9.84 Å². The highest BCUT2D eigenvalue weighted by atomic mass is 32.2. The lowest BCUT2D eigenvalue weighted by Crippen LogP contribution is -2.54. The SMILES string of the molecule is O=S1(=O)CC2(CCN(CCOc3ccc(OC(F)(F)F)cc3)CC2)C1. The Bertz CT molecular complexity index is 681. The lowest BCUT2D eigenvalue weighted by molar-refractivity contribution is -0.274. The Balaban J connectivity index is 1.38. The van der Waals surface area contributed by atoms with Gasteiger partial charge in [0.05, 0.1) is 11.5 Å². The van der Waals surface area contributed by atoms with Crippen LogP contribution in [-0.4, -0.2) is 57.4 Å². The highest BCUT2D eigenvalue weighted by Crippen LogP contribution is 2.42. The monoisotopic (exact) mass is 379 g/mol. The van der Waals surface area contributed by atoms with Crippen molar-refractivity contribution in [2.24, 2.45) is 5.41 Å². The summed E-state index contributed by atoms with van der Waals surface area (Å²) < 4.78 is 68.3. The molecule has 5 nitrogen and oxygen atoms in total. The van der Waals surface area contributed by atoms with Gasteiger partial charge in [0.2, 0.25) is 0 Å². The fraction of sp³-hybridized carbons (Fsp3) is 0.625. The molecule has 25 heavy (non-hydrogen) atoms. The molecule has 0 unspecified atom stereocenters. The van der Waals surface area contributed by atoms with E-state index in [4.69, 9.17) is 4.74 Å². The van der Waals surface area contributed by atoms with Crippen LogP contribution < -0.4 is 9.47 Å². The number of alkyl halides is 3. The second kappa shape index (κ2) is 6.68. The van der Waals surface area contributed by atoms with Gasteiger partial charge < -0.3 is 9.47 Å². The molecular weight excluding hydrogens is 359 g/mol. The molecule has 9 heteroatoms. The average Bonchev–Trinajstić information content (AvgIpc) is 2.48. The Morgan fingerprint density at radius 3 is 2.12 bits per heavy atom. The lowest BCUT2D eigenvalue weighted by atomic mass is 9.81. The molecule has 0 saturated carbocycles. The third-order valence-corrected chi connectivity index (χ3v) is 6.81. The molecule has 2 fully saturated rings. The number of sulfone groups is 1. The molecule has 0 aromatic heterocycles. The van der Waals surface area contributed by atoms with Crippen molar-refractivity contribution >= 4 is 9.84 Å². The van der Waals surface area contributed by atoms with Gasteiger partial charge in [0.15, 0.2) is 9.84 Å². The Morgan fingerprint density at radius 2 is 1.60 bits per heavy atom. The van der Waals surface area contributed by atoms with Crippen molar-refractivity contribution in [3.05, 3.63) is 24.3 Å². The largest absolute Gasteiger partial charge is 0.573 e. The Hall–Kier alpha value is -1.48. The first kappa shape index (κ1) is 18.3. The van der Waals surface area contributed by atoms with E-state index < -0.39 is 16.2 Å². The van der Waals surface area contributed by atoms with E-state index in [2.05, 4.69) is 9.64 Å². The summed E-state index contributed by atoms with van der Waals surface area (Å²) >= 11 is 0. The van der Waals surface area contributed by atoms with Gasteiger partial charge in [-0.15, -0.1) is 13.2 Å². The molecule has 0 bridgehead atoms. The quantitative estimate of drug-likeness (QED) is 0.787. The standard InChI is InChI=1S/C16H20F3NO4S/c17-16(18,19)24-14-3-1-13(2-4-14)23-10-9-20-7-5-15(6-8-20)11-25(21,22)12-15/h1-4H,5-12H2. The molecule has 0 amide bonds. The molecule has 2 aliphatic rings. The van der Waals surface area contributed by atoms with Crippen LogP contribution in [0, 0.1) is 5.41 Å². The first-order valence-corrected chi connectivity index (χ1v) is 9.88. The van der Waals surface area contributed by atoms with Crippen LogP contribution >= 0.6 is 0 Å². The molecule has 1 aromatic rings. The molecule has 3 rings (SSSR count). The molecule has 140 valence electrons. The van der Waals surface area contributed by atoms with Crippen LogP contribution in [0.1, 0.15) is 12.8 Å². The van der Waals surface area contributed by atoms with Crippen LogP contribution in [0.3, 0.4) is 0 Å². The molecule has 1 aromatic carbocycles. The maximum atomic E-state index is 12.1. The van der Waals surface area contributed by atoms with Crippen molar-refractivity contribution in [2.75, 3.05) is 37.7 Å². The number of ether oxygens (including phenoxy) is 2. The average molecular weight is 379 g/mol. The number of piperidine rings is 1. The topological polar surface area (TPSA) is 55.8 Å². The van der Waals surface area contributed by atoms with Gasteiger partial charge in [0.1, 0.15) is 18.1 Å². The maximum Gasteiger partial charge on any atom is 0.573 e. The fourth-order valence-electron chi connectivity index (χ4n) is 3.46. The van der Waals surface area contributed by atoms with Gasteiger partial charge >= 0.3 is 6.36 Å². The van der Waals surface area contributed by atoms with Crippen molar-refractivity contribution in [1.29, 1.82) is 0 Å². The van der Waals surface area contributed by atoms with E-state index in [1.54, 1.807) is 0 Å². The van der Waals surface area contributed by atoms with Crippen molar-refractivity contribution in [2.45, 2.75) is 19.2 Å². The van der Waals surface area contributed by atoms with Gasteiger partial charge in [0, 0.05) is 12.0 Å². The van der Waals surface area contributed by atoms with Crippen molar-refractivity contribution in [3.8, 4) is 11.5 Å². The van der Waals surface area contributed by atoms with Gasteiger partial charge in [-0.25, -0.2) is 8.42 Å². The van der Waals surface area contributed by atoms with E-state index in [1.165, 1.54) is 24.3 Å². The summed E-state index contributed by atoms with van der Waals surface area (Å²) in [6.07, 6.45) is -2.93. The normalized spacial score (nSPS) is 22.4. The van der Waals surface area contributed by atoms with Gasteiger partial charge in [-0.3, -0.25) is 4.90 Å². The van der Waals surface area contributed by atoms with E-state index in [-0.39, 0.29) is 11.2 Å². The van der Waals surface area contributed by atoms with Crippen LogP contribution in [0.5, 0.6) is 11.5 Å². The number of likely N-dealkylation sites (tertiary alicyclic amines) is 1. The minimum Gasteiger partial charge on any atom is -0.492 e. The van der Waals surface area contributed by atoms with E-state index in [0.717, 1.165) is 25.9 Å². The van der Waals surface area contributed by atoms with Crippen molar-refractivity contribution < 1.29 is 31.1 Å². The van der Waals surface area contributed by atoms with Crippen molar-refractivity contribution in [1.82, 2.24) is 4.90 Å². The molecule has 0 aliphatic carbocycles. The molecule has 0 radical (unpaired) electrons. The predicted octanol–water partition coefficient (Wildman–Crippen LogP) is 2.47. The fourth-order valence-corrected chi connectivity index (χ4v) is 5.82. The maximum absolute atomic E-state index is 12.1. The zero-order chi connectivity index (χ0) is 18.1. The van der Waals surface area contributed by atoms with E-state index >= 15 is 0 Å². The van der Waals surface area contributed by atoms with E-state index in [0.29, 0.717) is 30.4 Å². The van der Waals surface area contributed by atoms with Crippen LogP contribution in [0.4, 0.5) is 13.2 Å². The van der Waals surface area contributed by atoms with E-state index in [1.807, 2.05) is 0 Å². The Labute approximate surface area is 144 Å². The summed E-state index contributed by atoms with van der Waals surface area (Å²) in [6, 6.07) is 5.30. The summed E-state index contributed by atoms with van der Waals surface area (Å²) in [5, 5.41) is 0. The summed E-state index contributed by atoms with van der Waals surface area (Å²) in [5.41, 5.74) is -0.00942. The third-order valence-electron chi connectivity index (χ3n) is 4.70. The second-order valence-electron chi connectivity index (χ2n) is 6.74. The number of halogens is 3. The molecule has 1 spiro atoms. The van der Waals surface area contributed by atoms with Gasteiger partial charge in [0.25, 0.3) is 0 Å². The van der Waals surface area contributed by atoms with Crippen molar-refractivity contribution in [3.63, 3.8) is 0 Å². The number of hydrogen-bond acceptors (Lipinski definition) is 5. The van der Waals surface area contributed by atoms with E-state index in [9.17, 15) is 21.6 Å². The minimum atomic E-state index is -4.70. The second-order valence-corrected chi connectivity index (χ2v) is 8.81. The molecule has 2 aliphatic heterocycles. The first-order chi connectivity index (χ1) is 11.6. The Kier molecular flexibility index (Phi) is 4.89. The highest BCUT2D eigenvalue weighted by Gasteiger charge is 2.49. The van der Waals surface area contributed by atoms with Gasteiger partial charge in [-0.2, -0.15) is 0 Å². The molecular formula is C16H20F3NO4S. The summed E-state index contributed by atoms with van der Waals surface area (Å²) in [5.74, 6) is 0.831. The van der Waals surface area contributed by atoms with Gasteiger partial charge in [-0.1, -0.05) is 0 Å². The smallest absolute Gasteiger partial charge is 0.492 e. The number of benzene rings is 1. The summed E-state index contributed by atoms with van der Waals surface area (Å²) in [4.78, 5) is 2.22. The first-order valence-electron chi connectivity index (χ1n) is 8.06. The molecule has 2 heterocycles. The molecule has 2 saturated heterocycles. The lowest BCUT2D eigenvalue weighted by Gasteiger charge is -2.47. The minimum absolute atomic E-state index is 0.00942. The zero-order valence-electron chi connectivity index (χ0n) is 13.6. The predicted molar refractivity (Wildman–Crippen MR) is 85.4 cm³/mol. The third kappa shape index (κ3) is 5.01. The summed E-state index contributed by atoms with van der Waals surface area (Å²) in [6.45, 7) is 2.81. The van der Waals surface area contributed by atoms with Crippen LogP contribution in [0.25, 0.3) is 0 Å². The summed E-state index contributed by atoms with van der Waals surface area (Å²) in [7, 11) is -2.80.